The van der Waals surface area contributed by atoms with E-state index in [1.807, 2.05) is 12.1 Å². The van der Waals surface area contributed by atoms with E-state index in [1.165, 1.54) is 6.08 Å². The number of benzene rings is 1. The van der Waals surface area contributed by atoms with Crippen LogP contribution in [0.3, 0.4) is 0 Å². The molecule has 22 heavy (non-hydrogen) atoms. The van der Waals surface area contributed by atoms with Gasteiger partial charge in [-0.25, -0.2) is 13.6 Å². The van der Waals surface area contributed by atoms with Gasteiger partial charge >= 0.3 is 0 Å². The number of carbonyl (C=O) groups is 1. The average molecular weight is 343 g/mol. The summed E-state index contributed by atoms with van der Waals surface area (Å²) in [6, 6.07) is 7.17. The van der Waals surface area contributed by atoms with Crippen LogP contribution in [0.15, 0.2) is 30.3 Å². The summed E-state index contributed by atoms with van der Waals surface area (Å²) in [6.45, 7) is 1.07. The molecule has 1 saturated heterocycles. The molecule has 2 rings (SSSR count). The normalized spacial score (nSPS) is 19.5. The number of carbonyl (C=O) groups excluding carboxylic acids is 1. The van der Waals surface area contributed by atoms with E-state index in [2.05, 4.69) is 0 Å². The van der Waals surface area contributed by atoms with Crippen molar-refractivity contribution in [2.75, 3.05) is 18.8 Å². The minimum Gasteiger partial charge on any atom is -0.339 e. The molecule has 1 aromatic carbocycles. The van der Waals surface area contributed by atoms with E-state index < -0.39 is 10.0 Å². The van der Waals surface area contributed by atoms with Crippen LogP contribution in [-0.2, 0) is 14.8 Å². The molecule has 1 atom stereocenters. The van der Waals surface area contributed by atoms with Crippen LogP contribution in [0.25, 0.3) is 6.08 Å². The van der Waals surface area contributed by atoms with Crippen molar-refractivity contribution >= 4 is 33.6 Å². The highest BCUT2D eigenvalue weighted by molar-refractivity contribution is 7.89. The molecule has 1 aliphatic heterocycles. The molecule has 2 N–H and O–H groups in total. The molecule has 1 aromatic rings. The van der Waals surface area contributed by atoms with E-state index in [1.54, 1.807) is 23.1 Å². The predicted octanol–water partition coefficient (Wildman–Crippen LogP) is 1.88. The number of likely N-dealkylation sites (tertiary alicyclic amines) is 1. The third kappa shape index (κ3) is 5.44. The number of rotatable bonds is 4. The second kappa shape index (κ2) is 7.26. The summed E-state index contributed by atoms with van der Waals surface area (Å²) >= 11 is 5.81. The monoisotopic (exact) mass is 342 g/mol. The molecule has 7 heteroatoms. The summed E-state index contributed by atoms with van der Waals surface area (Å²) in [4.78, 5) is 13.9. The number of nitrogens with zero attached hydrogens (tertiary/aromatic N) is 1. The van der Waals surface area contributed by atoms with Crippen LogP contribution in [0.2, 0.25) is 5.02 Å². The van der Waals surface area contributed by atoms with Crippen LogP contribution >= 0.6 is 11.6 Å². The Bertz CT molecular complexity index is 656. The molecule has 1 aliphatic rings. The Morgan fingerprint density at radius 3 is 2.68 bits per heavy atom. The lowest BCUT2D eigenvalue weighted by Crippen LogP contribution is -2.41. The van der Waals surface area contributed by atoms with E-state index in [-0.39, 0.29) is 17.6 Å². The van der Waals surface area contributed by atoms with Gasteiger partial charge in [0, 0.05) is 24.2 Å². The van der Waals surface area contributed by atoms with E-state index in [4.69, 9.17) is 16.7 Å². The van der Waals surface area contributed by atoms with E-state index >= 15 is 0 Å². The molecule has 1 fully saturated rings. The summed E-state index contributed by atoms with van der Waals surface area (Å²) < 4.78 is 22.3. The Morgan fingerprint density at radius 2 is 2.05 bits per heavy atom. The molecule has 0 aliphatic carbocycles. The van der Waals surface area contributed by atoms with Crippen molar-refractivity contribution in [1.29, 1.82) is 0 Å². The topological polar surface area (TPSA) is 80.5 Å². The van der Waals surface area contributed by atoms with Crippen LogP contribution in [0.5, 0.6) is 0 Å². The molecule has 0 radical (unpaired) electrons. The first-order chi connectivity index (χ1) is 10.3. The molecule has 0 aromatic heterocycles. The fraction of sp³-hybridized carbons (Fsp3) is 0.400. The molecule has 0 bridgehead atoms. The smallest absolute Gasteiger partial charge is 0.246 e. The summed E-state index contributed by atoms with van der Waals surface area (Å²) in [6.07, 6.45) is 4.80. The Labute approximate surface area is 135 Å². The van der Waals surface area contributed by atoms with Gasteiger partial charge in [0.2, 0.25) is 15.9 Å². The van der Waals surface area contributed by atoms with Crippen LogP contribution in [-0.4, -0.2) is 38.1 Å². The van der Waals surface area contributed by atoms with Crippen LogP contribution in [0, 0.1) is 5.92 Å². The zero-order valence-corrected chi connectivity index (χ0v) is 13.7. The molecule has 5 nitrogen and oxygen atoms in total. The largest absolute Gasteiger partial charge is 0.339 e. The van der Waals surface area contributed by atoms with E-state index in [0.29, 0.717) is 18.1 Å². The summed E-state index contributed by atoms with van der Waals surface area (Å²) in [5.74, 6) is -0.275. The third-order valence-electron chi connectivity index (χ3n) is 3.59. The third-order valence-corrected chi connectivity index (χ3v) is 4.78. The number of halogens is 1. The minimum atomic E-state index is -3.50. The summed E-state index contributed by atoms with van der Waals surface area (Å²) in [5.41, 5.74) is 0.885. The van der Waals surface area contributed by atoms with Crippen molar-refractivity contribution in [3.63, 3.8) is 0 Å². The number of hydrogen-bond donors (Lipinski definition) is 1. The van der Waals surface area contributed by atoms with Gasteiger partial charge < -0.3 is 4.90 Å². The Balaban J connectivity index is 1.95. The number of amides is 1. The van der Waals surface area contributed by atoms with Gasteiger partial charge in [-0.1, -0.05) is 23.7 Å². The molecule has 0 spiro atoms. The molecule has 1 unspecified atom stereocenters. The second-order valence-corrected chi connectivity index (χ2v) is 7.60. The summed E-state index contributed by atoms with van der Waals surface area (Å²) in [7, 11) is -3.50. The zero-order valence-electron chi connectivity index (χ0n) is 12.1. The number of primary sulfonamides is 1. The molecular weight excluding hydrogens is 324 g/mol. The van der Waals surface area contributed by atoms with Gasteiger partial charge in [0.15, 0.2) is 0 Å². The van der Waals surface area contributed by atoms with Gasteiger partial charge in [0.25, 0.3) is 0 Å². The number of nitrogens with two attached hydrogens (primary N) is 1. The average Bonchev–Trinajstić information content (AvgIpc) is 2.45. The lowest BCUT2D eigenvalue weighted by atomic mass is 10.00. The van der Waals surface area contributed by atoms with Crippen molar-refractivity contribution in [3.8, 4) is 0 Å². The van der Waals surface area contributed by atoms with Gasteiger partial charge in [0.05, 0.1) is 5.75 Å². The lowest BCUT2D eigenvalue weighted by molar-refractivity contribution is -0.127. The highest BCUT2D eigenvalue weighted by atomic mass is 35.5. The predicted molar refractivity (Wildman–Crippen MR) is 87.8 cm³/mol. The first-order valence-corrected chi connectivity index (χ1v) is 9.16. The van der Waals surface area contributed by atoms with Crippen LogP contribution < -0.4 is 5.14 Å². The van der Waals surface area contributed by atoms with E-state index in [9.17, 15) is 13.2 Å². The molecule has 1 heterocycles. The maximum Gasteiger partial charge on any atom is 0.246 e. The van der Waals surface area contributed by atoms with Gasteiger partial charge in [-0.3, -0.25) is 4.79 Å². The maximum absolute atomic E-state index is 12.2. The van der Waals surface area contributed by atoms with Crippen molar-refractivity contribution in [2.24, 2.45) is 11.1 Å². The highest BCUT2D eigenvalue weighted by Crippen LogP contribution is 2.18. The molecule has 0 saturated carbocycles. The highest BCUT2D eigenvalue weighted by Gasteiger charge is 2.25. The van der Waals surface area contributed by atoms with Gasteiger partial charge in [0.1, 0.15) is 0 Å². The van der Waals surface area contributed by atoms with Crippen molar-refractivity contribution < 1.29 is 13.2 Å². The first-order valence-electron chi connectivity index (χ1n) is 7.06. The quantitative estimate of drug-likeness (QED) is 0.848. The first kappa shape index (κ1) is 17.0. The van der Waals surface area contributed by atoms with Crippen molar-refractivity contribution in [3.05, 3.63) is 40.9 Å². The van der Waals surface area contributed by atoms with Gasteiger partial charge in [-0.05, 0) is 42.5 Å². The number of sulfonamides is 1. The lowest BCUT2D eigenvalue weighted by Gasteiger charge is -2.31. The number of hydrogen-bond acceptors (Lipinski definition) is 3. The minimum absolute atomic E-state index is 0.0717. The zero-order chi connectivity index (χ0) is 16.2. The maximum atomic E-state index is 12.2. The standard InChI is InChI=1S/C15H19ClN2O3S/c16-14-6-3-12(4-7-14)5-8-15(19)18-9-1-2-13(10-18)11-22(17,20)21/h3-8,13H,1-2,9-11H2,(H2,17,20,21)/b8-5+. The van der Waals surface area contributed by atoms with Crippen LogP contribution in [0.1, 0.15) is 18.4 Å². The van der Waals surface area contributed by atoms with Gasteiger partial charge in [-0.2, -0.15) is 0 Å². The second-order valence-electron chi connectivity index (χ2n) is 5.51. The fourth-order valence-electron chi connectivity index (χ4n) is 2.58. The Morgan fingerprint density at radius 1 is 1.36 bits per heavy atom. The number of piperidine rings is 1. The Kier molecular flexibility index (Phi) is 5.61. The Hall–Kier alpha value is -1.37. The van der Waals surface area contributed by atoms with Crippen LogP contribution in [0.4, 0.5) is 0 Å². The van der Waals surface area contributed by atoms with Crippen molar-refractivity contribution in [1.82, 2.24) is 4.90 Å². The van der Waals surface area contributed by atoms with E-state index in [0.717, 1.165) is 18.4 Å². The molecular formula is C15H19ClN2O3S. The van der Waals surface area contributed by atoms with Crippen molar-refractivity contribution in [2.45, 2.75) is 12.8 Å². The summed E-state index contributed by atoms with van der Waals surface area (Å²) in [5, 5.41) is 5.72. The fourth-order valence-corrected chi connectivity index (χ4v) is 3.63. The molecule has 1 amide bonds. The van der Waals surface area contributed by atoms with Gasteiger partial charge in [-0.15, -0.1) is 0 Å². The SMILES string of the molecule is NS(=O)(=O)CC1CCCN(C(=O)/C=C/c2ccc(Cl)cc2)C1. The molecule has 120 valence electrons.